The molecule has 140 valence electrons. The minimum absolute atomic E-state index is 0.0484. The van der Waals surface area contributed by atoms with Crippen molar-refractivity contribution in [1.82, 2.24) is 10.4 Å². The summed E-state index contributed by atoms with van der Waals surface area (Å²) >= 11 is 0. The number of carbonyl (C=O) groups is 1. The number of benzene rings is 1. The molecule has 1 N–H and O–H groups in total. The van der Waals surface area contributed by atoms with E-state index in [1.165, 1.54) is 0 Å². The number of ether oxygens (including phenoxy) is 1. The third-order valence-electron chi connectivity index (χ3n) is 4.66. The average Bonchev–Trinajstić information content (AvgIpc) is 3.19. The van der Waals surface area contributed by atoms with Gasteiger partial charge >= 0.3 is 6.09 Å². The Morgan fingerprint density at radius 2 is 2.04 bits per heavy atom. The first-order valence-electron chi connectivity index (χ1n) is 9.06. The van der Waals surface area contributed by atoms with Crippen LogP contribution < -0.4 is 5.32 Å². The van der Waals surface area contributed by atoms with Gasteiger partial charge in [0.05, 0.1) is 6.61 Å². The van der Waals surface area contributed by atoms with Gasteiger partial charge in [-0.2, -0.15) is 0 Å². The van der Waals surface area contributed by atoms with Gasteiger partial charge in [-0.1, -0.05) is 30.3 Å². The third kappa shape index (κ3) is 4.65. The van der Waals surface area contributed by atoms with Gasteiger partial charge in [-0.05, 0) is 45.1 Å². The molecule has 1 saturated carbocycles. The van der Waals surface area contributed by atoms with Crippen molar-refractivity contribution in [2.24, 2.45) is 11.8 Å². The minimum atomic E-state index is -0.516. The van der Waals surface area contributed by atoms with Crippen molar-refractivity contribution >= 4 is 12.0 Å². The summed E-state index contributed by atoms with van der Waals surface area (Å²) in [6.45, 7) is 6.59. The summed E-state index contributed by atoms with van der Waals surface area (Å²) in [5.41, 5.74) is 1.09. The fourth-order valence-electron chi connectivity index (χ4n) is 3.39. The van der Waals surface area contributed by atoms with Gasteiger partial charge in [0, 0.05) is 18.5 Å². The second-order valence-corrected chi connectivity index (χ2v) is 7.90. The number of alkyl carbamates (subject to hydrolysis) is 1. The smallest absolute Gasteiger partial charge is 0.407 e. The second kappa shape index (κ2) is 7.52. The van der Waals surface area contributed by atoms with E-state index in [9.17, 15) is 9.59 Å². The second-order valence-electron chi connectivity index (χ2n) is 7.90. The van der Waals surface area contributed by atoms with E-state index in [1.54, 1.807) is 5.06 Å². The summed E-state index contributed by atoms with van der Waals surface area (Å²) in [7, 11) is 0. The van der Waals surface area contributed by atoms with Gasteiger partial charge in [-0.25, -0.2) is 14.7 Å². The number of rotatable bonds is 5. The number of carbonyl (C=O) groups excluding carboxylic acids is 2. The highest BCUT2D eigenvalue weighted by atomic mass is 16.7. The monoisotopic (exact) mass is 358 g/mol. The zero-order valence-corrected chi connectivity index (χ0v) is 15.5. The Hall–Kier alpha value is -2.30. The molecular weight excluding hydrogens is 332 g/mol. The number of allylic oxidation sites excluding steroid dienone is 1. The topological polar surface area (TPSA) is 67.9 Å². The van der Waals surface area contributed by atoms with Gasteiger partial charge in [0.15, 0.2) is 0 Å². The van der Waals surface area contributed by atoms with Gasteiger partial charge in [0.2, 0.25) is 0 Å². The molecule has 1 aromatic carbocycles. The molecule has 2 aliphatic rings. The highest BCUT2D eigenvalue weighted by molar-refractivity contribution is 5.68. The van der Waals surface area contributed by atoms with E-state index in [0.29, 0.717) is 18.8 Å². The van der Waals surface area contributed by atoms with E-state index in [2.05, 4.69) is 11.3 Å². The van der Waals surface area contributed by atoms with E-state index in [1.807, 2.05) is 51.1 Å². The molecule has 1 aliphatic heterocycles. The molecule has 0 spiro atoms. The van der Waals surface area contributed by atoms with E-state index < -0.39 is 11.7 Å². The fraction of sp³-hybridized carbons (Fsp3) is 0.550. The SMILES string of the molecule is CC(C)(C)OC(=O)N[C@H]1C[C@H]1C1CCN(OCc2ccccc2)C1=C=O. The van der Waals surface area contributed by atoms with E-state index >= 15 is 0 Å². The summed E-state index contributed by atoms with van der Waals surface area (Å²) in [6.07, 6.45) is 1.27. The first-order chi connectivity index (χ1) is 12.4. The van der Waals surface area contributed by atoms with E-state index in [4.69, 9.17) is 9.57 Å². The number of amides is 1. The van der Waals surface area contributed by atoms with Gasteiger partial charge in [-0.3, -0.25) is 4.84 Å². The summed E-state index contributed by atoms with van der Waals surface area (Å²) in [5, 5.41) is 4.55. The van der Waals surface area contributed by atoms with Crippen molar-refractivity contribution in [3.8, 4) is 0 Å². The number of hydroxylamine groups is 2. The lowest BCUT2D eigenvalue weighted by Crippen LogP contribution is -2.34. The van der Waals surface area contributed by atoms with Crippen molar-refractivity contribution in [2.75, 3.05) is 6.54 Å². The number of nitrogens with zero attached hydrogens (tertiary/aromatic N) is 1. The Bertz CT molecular complexity index is 692. The van der Waals surface area contributed by atoms with Crippen molar-refractivity contribution < 1.29 is 19.2 Å². The molecule has 0 aromatic heterocycles. The molecule has 1 unspecified atom stereocenters. The summed E-state index contributed by atoms with van der Waals surface area (Å²) in [5.74, 6) is 2.37. The maximum absolute atomic E-state index is 11.9. The highest BCUT2D eigenvalue weighted by Gasteiger charge is 2.49. The van der Waals surface area contributed by atoms with Crippen LogP contribution in [0.4, 0.5) is 4.79 Å². The van der Waals surface area contributed by atoms with Crippen molar-refractivity contribution in [3.63, 3.8) is 0 Å². The normalized spacial score (nSPS) is 25.0. The lowest BCUT2D eigenvalue weighted by atomic mass is 10.00. The molecule has 1 heterocycles. The van der Waals surface area contributed by atoms with Crippen LogP contribution in [-0.2, 0) is 21.0 Å². The predicted molar refractivity (Wildman–Crippen MR) is 96.5 cm³/mol. The lowest BCUT2D eigenvalue weighted by Gasteiger charge is -2.20. The van der Waals surface area contributed by atoms with Crippen LogP contribution in [0.2, 0.25) is 0 Å². The third-order valence-corrected chi connectivity index (χ3v) is 4.66. The number of nitrogens with one attached hydrogen (secondary N) is 1. The van der Waals surface area contributed by atoms with Crippen LogP contribution >= 0.6 is 0 Å². The van der Waals surface area contributed by atoms with Crippen LogP contribution in [0.15, 0.2) is 36.0 Å². The largest absolute Gasteiger partial charge is 0.444 e. The maximum atomic E-state index is 11.9. The molecule has 3 rings (SSSR count). The van der Waals surface area contributed by atoms with Crippen LogP contribution in [0.5, 0.6) is 0 Å². The summed E-state index contributed by atoms with van der Waals surface area (Å²) in [4.78, 5) is 29.2. The molecule has 1 amide bonds. The van der Waals surface area contributed by atoms with Gasteiger partial charge in [0.1, 0.15) is 17.2 Å². The van der Waals surface area contributed by atoms with Crippen molar-refractivity contribution in [3.05, 3.63) is 41.6 Å². The van der Waals surface area contributed by atoms with Gasteiger partial charge in [0.25, 0.3) is 0 Å². The van der Waals surface area contributed by atoms with Crippen molar-refractivity contribution in [2.45, 2.75) is 51.9 Å². The lowest BCUT2D eigenvalue weighted by molar-refractivity contribution is -0.131. The number of hydrogen-bond donors (Lipinski definition) is 1. The van der Waals surface area contributed by atoms with E-state index in [0.717, 1.165) is 18.4 Å². The maximum Gasteiger partial charge on any atom is 0.407 e. The first-order valence-corrected chi connectivity index (χ1v) is 9.06. The predicted octanol–water partition coefficient (Wildman–Crippen LogP) is 3.07. The molecule has 1 aliphatic carbocycles. The number of hydrogen-bond acceptors (Lipinski definition) is 5. The van der Waals surface area contributed by atoms with Gasteiger partial charge in [-0.15, -0.1) is 0 Å². The van der Waals surface area contributed by atoms with Gasteiger partial charge < -0.3 is 10.1 Å². The Morgan fingerprint density at radius 3 is 2.69 bits per heavy atom. The average molecular weight is 358 g/mol. The Kier molecular flexibility index (Phi) is 5.35. The van der Waals surface area contributed by atoms with Crippen LogP contribution in [0.3, 0.4) is 0 Å². The standard InChI is InChI=1S/C20H26N2O4/c1-20(2,3)26-19(24)21-17-11-16(17)15-9-10-22(18(15)12-23)25-13-14-7-5-4-6-8-14/h4-8,15-17H,9-11,13H2,1-3H3,(H,21,24)/t15?,16-,17-/m0/s1. The zero-order chi connectivity index (χ0) is 18.7. The molecule has 1 saturated heterocycles. The first kappa shape index (κ1) is 18.5. The molecule has 6 nitrogen and oxygen atoms in total. The fourth-order valence-corrected chi connectivity index (χ4v) is 3.39. The van der Waals surface area contributed by atoms with Crippen LogP contribution in [0, 0.1) is 11.8 Å². The highest BCUT2D eigenvalue weighted by Crippen LogP contribution is 2.46. The quantitative estimate of drug-likeness (QED) is 0.820. The van der Waals surface area contributed by atoms with E-state index in [-0.39, 0.29) is 17.9 Å². The molecular formula is C20H26N2O4. The van der Waals surface area contributed by atoms with Crippen LogP contribution in [0.25, 0.3) is 0 Å². The molecule has 26 heavy (non-hydrogen) atoms. The molecule has 1 aromatic rings. The van der Waals surface area contributed by atoms with Crippen LogP contribution in [-0.4, -0.2) is 35.3 Å². The van der Waals surface area contributed by atoms with Crippen molar-refractivity contribution in [1.29, 1.82) is 0 Å². The molecule has 2 fully saturated rings. The molecule has 6 heteroatoms. The molecule has 0 bridgehead atoms. The summed E-state index contributed by atoms with van der Waals surface area (Å²) in [6, 6.07) is 9.89. The minimum Gasteiger partial charge on any atom is -0.444 e. The molecule has 3 atom stereocenters. The summed E-state index contributed by atoms with van der Waals surface area (Å²) < 4.78 is 5.29. The molecule has 0 radical (unpaired) electrons. The van der Waals surface area contributed by atoms with Crippen LogP contribution in [0.1, 0.15) is 39.2 Å². The Morgan fingerprint density at radius 1 is 1.31 bits per heavy atom. The zero-order valence-electron chi connectivity index (χ0n) is 15.5. The Balaban J connectivity index is 1.51. The Labute approximate surface area is 154 Å².